The molecule has 1 unspecified atom stereocenters. The summed E-state index contributed by atoms with van der Waals surface area (Å²) < 4.78 is 21.4. The molecule has 0 bridgehead atoms. The van der Waals surface area contributed by atoms with Gasteiger partial charge in [0.1, 0.15) is 23.6 Å². The van der Waals surface area contributed by atoms with Crippen LogP contribution < -0.4 is 5.56 Å². The average molecular weight is 467 g/mol. The lowest BCUT2D eigenvalue weighted by Gasteiger charge is -2.26. The molecule has 2 amide bonds. The molecule has 34 heavy (non-hydrogen) atoms. The van der Waals surface area contributed by atoms with Gasteiger partial charge in [-0.1, -0.05) is 38.1 Å². The maximum Gasteiger partial charge on any atom is 0.270 e. The molecule has 2 aromatic heterocycles. The van der Waals surface area contributed by atoms with E-state index in [9.17, 15) is 18.8 Å². The fraction of sp³-hybridized carbons (Fsp3) is 0.360. The van der Waals surface area contributed by atoms with Gasteiger partial charge in [0.05, 0.1) is 12.7 Å². The number of carbonyl (C=O) groups excluding carboxylic acids is 2. The van der Waals surface area contributed by atoms with E-state index in [0.717, 1.165) is 0 Å². The molecule has 0 N–H and O–H groups in total. The molecule has 178 valence electrons. The van der Waals surface area contributed by atoms with Crippen LogP contribution in [0, 0.1) is 11.7 Å². The summed E-state index contributed by atoms with van der Waals surface area (Å²) in [7, 11) is 0. The van der Waals surface area contributed by atoms with Gasteiger partial charge in [-0.15, -0.1) is 0 Å². The van der Waals surface area contributed by atoms with Crippen molar-refractivity contribution in [3.8, 4) is 0 Å². The summed E-state index contributed by atoms with van der Waals surface area (Å²) in [5, 5.41) is 0. The highest BCUT2D eigenvalue weighted by atomic mass is 19.1. The highest BCUT2D eigenvalue weighted by molar-refractivity contribution is 5.96. The van der Waals surface area contributed by atoms with E-state index in [1.165, 1.54) is 21.6 Å². The SMILES string of the molecule is CC(C)CN1CC(OCc2ccccc2F)CN(C(=O)c2cnc3ccccn3c2=O)CC1=O. The third-order valence-corrected chi connectivity index (χ3v) is 5.68. The van der Waals surface area contributed by atoms with E-state index in [4.69, 9.17) is 4.74 Å². The molecule has 3 aromatic rings. The largest absolute Gasteiger partial charge is 0.370 e. The van der Waals surface area contributed by atoms with Gasteiger partial charge in [-0.2, -0.15) is 0 Å². The van der Waals surface area contributed by atoms with E-state index in [1.807, 2.05) is 13.8 Å². The molecule has 1 aliphatic rings. The number of carbonyl (C=O) groups is 2. The predicted octanol–water partition coefficient (Wildman–Crippen LogP) is 2.36. The summed E-state index contributed by atoms with van der Waals surface area (Å²) >= 11 is 0. The maximum absolute atomic E-state index is 14.1. The summed E-state index contributed by atoms with van der Waals surface area (Å²) in [5.41, 5.74) is 0.186. The molecule has 1 atom stereocenters. The molecule has 1 aromatic carbocycles. The number of halogens is 1. The van der Waals surface area contributed by atoms with Gasteiger partial charge < -0.3 is 14.5 Å². The number of benzene rings is 1. The zero-order valence-corrected chi connectivity index (χ0v) is 19.2. The molecular weight excluding hydrogens is 439 g/mol. The second-order valence-corrected chi connectivity index (χ2v) is 8.81. The highest BCUT2D eigenvalue weighted by Gasteiger charge is 2.32. The number of hydrogen-bond donors (Lipinski definition) is 0. The van der Waals surface area contributed by atoms with Crippen LogP contribution in [0.2, 0.25) is 0 Å². The van der Waals surface area contributed by atoms with Crippen molar-refractivity contribution in [1.29, 1.82) is 0 Å². The Morgan fingerprint density at radius 1 is 1.15 bits per heavy atom. The van der Waals surface area contributed by atoms with E-state index >= 15 is 0 Å². The fourth-order valence-corrected chi connectivity index (χ4v) is 4.02. The van der Waals surface area contributed by atoms with Crippen molar-refractivity contribution in [2.45, 2.75) is 26.6 Å². The quantitative estimate of drug-likeness (QED) is 0.557. The molecule has 3 heterocycles. The second-order valence-electron chi connectivity index (χ2n) is 8.81. The Balaban J connectivity index is 1.60. The summed E-state index contributed by atoms with van der Waals surface area (Å²) in [6.45, 7) is 4.68. The zero-order chi connectivity index (χ0) is 24.2. The minimum atomic E-state index is -0.588. The van der Waals surface area contributed by atoms with Crippen molar-refractivity contribution >= 4 is 17.5 Å². The van der Waals surface area contributed by atoms with Crippen LogP contribution in [0.15, 0.2) is 59.7 Å². The van der Waals surface area contributed by atoms with Crippen molar-refractivity contribution in [1.82, 2.24) is 19.2 Å². The summed E-state index contributed by atoms with van der Waals surface area (Å²) in [6, 6.07) is 11.4. The van der Waals surface area contributed by atoms with Gasteiger partial charge >= 0.3 is 0 Å². The number of hydrogen-bond acceptors (Lipinski definition) is 5. The minimum Gasteiger partial charge on any atom is -0.370 e. The summed E-state index contributed by atoms with van der Waals surface area (Å²) in [4.78, 5) is 46.5. The Bertz CT molecular complexity index is 1260. The molecule has 8 nitrogen and oxygen atoms in total. The van der Waals surface area contributed by atoms with Crippen LogP contribution >= 0.6 is 0 Å². The Kier molecular flexibility index (Phi) is 7.02. The van der Waals surface area contributed by atoms with Gasteiger partial charge in [0.15, 0.2) is 0 Å². The van der Waals surface area contributed by atoms with Gasteiger partial charge in [-0.05, 0) is 24.1 Å². The molecule has 9 heteroatoms. The van der Waals surface area contributed by atoms with Crippen LogP contribution in [0.4, 0.5) is 4.39 Å². The molecule has 1 fully saturated rings. The van der Waals surface area contributed by atoms with Crippen molar-refractivity contribution in [2.75, 3.05) is 26.2 Å². The minimum absolute atomic E-state index is 0.00324. The average Bonchev–Trinajstić information content (AvgIpc) is 2.97. The smallest absolute Gasteiger partial charge is 0.270 e. The number of amides is 2. The Hall–Kier alpha value is -3.59. The Labute approximate surface area is 196 Å². The molecule has 0 spiro atoms. The number of fused-ring (bicyclic) bond motifs is 1. The first-order valence-electron chi connectivity index (χ1n) is 11.2. The van der Waals surface area contributed by atoms with E-state index in [2.05, 4.69) is 4.98 Å². The first-order valence-corrected chi connectivity index (χ1v) is 11.2. The molecule has 0 aliphatic carbocycles. The topological polar surface area (TPSA) is 84.2 Å². The Morgan fingerprint density at radius 2 is 1.91 bits per heavy atom. The summed E-state index contributed by atoms with van der Waals surface area (Å²) in [5.74, 6) is -0.981. The van der Waals surface area contributed by atoms with E-state index in [0.29, 0.717) is 17.8 Å². The molecule has 0 radical (unpaired) electrons. The van der Waals surface area contributed by atoms with E-state index < -0.39 is 17.6 Å². The van der Waals surface area contributed by atoms with Crippen molar-refractivity contribution in [2.24, 2.45) is 5.92 Å². The monoisotopic (exact) mass is 466 g/mol. The van der Waals surface area contributed by atoms with Crippen LogP contribution in [0.5, 0.6) is 0 Å². The predicted molar refractivity (Wildman–Crippen MR) is 124 cm³/mol. The molecular formula is C25H27FN4O4. The van der Waals surface area contributed by atoms with Gasteiger partial charge in [0.2, 0.25) is 5.91 Å². The van der Waals surface area contributed by atoms with Crippen LogP contribution in [0.3, 0.4) is 0 Å². The van der Waals surface area contributed by atoms with Crippen LogP contribution in [0.1, 0.15) is 29.8 Å². The standard InChI is InChI=1S/C25H27FN4O4/c1-17(2)12-28-13-19(34-16-18-7-3-4-8-21(18)26)14-29(15-23(28)31)24(32)20-11-27-22-9-5-6-10-30(22)25(20)33/h3-11,17,19H,12-16H2,1-2H3. The third-order valence-electron chi connectivity index (χ3n) is 5.68. The van der Waals surface area contributed by atoms with Crippen molar-refractivity contribution in [3.05, 3.63) is 82.2 Å². The summed E-state index contributed by atoms with van der Waals surface area (Å²) in [6.07, 6.45) is 2.24. The normalized spacial score (nSPS) is 16.8. The number of ether oxygens (including phenoxy) is 1. The zero-order valence-electron chi connectivity index (χ0n) is 19.2. The number of nitrogens with zero attached hydrogens (tertiary/aromatic N) is 4. The first-order chi connectivity index (χ1) is 16.3. The number of rotatable bonds is 6. The van der Waals surface area contributed by atoms with Gasteiger partial charge in [-0.25, -0.2) is 9.37 Å². The van der Waals surface area contributed by atoms with Gasteiger partial charge in [0.25, 0.3) is 11.5 Å². The van der Waals surface area contributed by atoms with Crippen molar-refractivity contribution < 1.29 is 18.7 Å². The molecule has 1 aliphatic heterocycles. The molecule has 0 saturated carbocycles. The number of pyridine rings is 1. The molecule has 1 saturated heterocycles. The van der Waals surface area contributed by atoms with E-state index in [1.54, 1.807) is 47.5 Å². The van der Waals surface area contributed by atoms with Gasteiger partial charge in [-0.3, -0.25) is 18.8 Å². The number of aromatic nitrogens is 2. The third kappa shape index (κ3) is 5.14. The van der Waals surface area contributed by atoms with Gasteiger partial charge in [0, 0.05) is 37.6 Å². The second kappa shape index (κ2) is 10.1. The lowest BCUT2D eigenvalue weighted by molar-refractivity contribution is -0.132. The lowest BCUT2D eigenvalue weighted by atomic mass is 10.2. The highest BCUT2D eigenvalue weighted by Crippen LogP contribution is 2.16. The fourth-order valence-electron chi connectivity index (χ4n) is 4.02. The lowest BCUT2D eigenvalue weighted by Crippen LogP contribution is -2.42. The van der Waals surface area contributed by atoms with Crippen LogP contribution in [0.25, 0.3) is 5.65 Å². The van der Waals surface area contributed by atoms with Crippen LogP contribution in [-0.4, -0.2) is 63.3 Å². The maximum atomic E-state index is 14.1. The first kappa shape index (κ1) is 23.6. The Morgan fingerprint density at radius 3 is 2.68 bits per heavy atom. The molecule has 4 rings (SSSR count). The van der Waals surface area contributed by atoms with E-state index in [-0.39, 0.29) is 49.4 Å². The van der Waals surface area contributed by atoms with Crippen molar-refractivity contribution in [3.63, 3.8) is 0 Å². The van der Waals surface area contributed by atoms with Crippen LogP contribution in [-0.2, 0) is 16.1 Å².